The fraction of sp³-hybridized carbons (Fsp3) is 0.280. The Morgan fingerprint density at radius 1 is 1.16 bits per heavy atom. The molecule has 31 heavy (non-hydrogen) atoms. The van der Waals surface area contributed by atoms with E-state index in [2.05, 4.69) is 27.3 Å². The zero-order chi connectivity index (χ0) is 21.6. The Kier molecular flexibility index (Phi) is 7.30. The van der Waals surface area contributed by atoms with Crippen LogP contribution < -0.4 is 10.2 Å². The van der Waals surface area contributed by atoms with E-state index in [1.54, 1.807) is 4.90 Å². The van der Waals surface area contributed by atoms with Crippen LogP contribution in [0.2, 0.25) is 0 Å². The van der Waals surface area contributed by atoms with Crippen molar-refractivity contribution in [3.63, 3.8) is 0 Å². The molecule has 0 radical (unpaired) electrons. The highest BCUT2D eigenvalue weighted by molar-refractivity contribution is 9.10. The van der Waals surface area contributed by atoms with Crippen LogP contribution in [0.25, 0.3) is 6.08 Å². The van der Waals surface area contributed by atoms with Gasteiger partial charge in [-0.15, -0.1) is 0 Å². The van der Waals surface area contributed by atoms with Crippen LogP contribution in [0.15, 0.2) is 74.5 Å². The quantitative estimate of drug-likeness (QED) is 0.397. The number of nitrogens with zero attached hydrogens (tertiary/aromatic N) is 1. The van der Waals surface area contributed by atoms with Crippen LogP contribution in [0, 0.1) is 0 Å². The first-order valence-corrected chi connectivity index (χ1v) is 12.2. The lowest BCUT2D eigenvalue weighted by molar-refractivity contribution is -0.122. The third kappa shape index (κ3) is 5.69. The second-order valence-electron chi connectivity index (χ2n) is 7.73. The molecule has 160 valence electrons. The molecule has 6 heteroatoms. The van der Waals surface area contributed by atoms with Gasteiger partial charge in [-0.3, -0.25) is 14.5 Å². The van der Waals surface area contributed by atoms with E-state index < -0.39 is 0 Å². The standard InChI is InChI=1S/C25H25BrN2O2S/c26-20-10-6-9-19(15-20)16-23-25(30)28(21-11-4-5-12-22(21)31-23)17-24(29)27-14-13-18-7-2-1-3-8-18/h4-7,9-12,15-16H,1-3,8,13-14,17H2,(H,27,29). The fourth-order valence-electron chi connectivity index (χ4n) is 3.86. The number of rotatable bonds is 6. The fourth-order valence-corrected chi connectivity index (χ4v) is 5.34. The summed E-state index contributed by atoms with van der Waals surface area (Å²) in [4.78, 5) is 29.1. The molecule has 1 N–H and O–H groups in total. The number of hydrogen-bond acceptors (Lipinski definition) is 3. The van der Waals surface area contributed by atoms with Crippen LogP contribution in [0.1, 0.15) is 37.7 Å². The predicted molar refractivity (Wildman–Crippen MR) is 131 cm³/mol. The van der Waals surface area contributed by atoms with Crippen LogP contribution >= 0.6 is 27.7 Å². The number of fused-ring (bicyclic) bond motifs is 1. The molecule has 0 fully saturated rings. The molecule has 0 spiro atoms. The summed E-state index contributed by atoms with van der Waals surface area (Å²) in [6, 6.07) is 15.6. The predicted octanol–water partition coefficient (Wildman–Crippen LogP) is 5.94. The van der Waals surface area contributed by atoms with E-state index in [0.717, 1.165) is 39.9 Å². The number of carbonyl (C=O) groups is 2. The van der Waals surface area contributed by atoms with Gasteiger partial charge in [0.25, 0.3) is 5.91 Å². The van der Waals surface area contributed by atoms with Crippen molar-refractivity contribution in [2.24, 2.45) is 0 Å². The number of hydrogen-bond donors (Lipinski definition) is 1. The molecule has 1 aliphatic carbocycles. The Labute approximate surface area is 195 Å². The smallest absolute Gasteiger partial charge is 0.265 e. The summed E-state index contributed by atoms with van der Waals surface area (Å²) >= 11 is 4.93. The molecular formula is C25H25BrN2O2S. The largest absolute Gasteiger partial charge is 0.354 e. The highest BCUT2D eigenvalue weighted by Crippen LogP contribution is 2.42. The third-order valence-corrected chi connectivity index (χ3v) is 7.00. The third-order valence-electron chi connectivity index (χ3n) is 5.43. The number of nitrogens with one attached hydrogen (secondary N) is 1. The lowest BCUT2D eigenvalue weighted by atomic mass is 9.97. The molecule has 2 amide bonds. The highest BCUT2D eigenvalue weighted by atomic mass is 79.9. The van der Waals surface area contributed by atoms with Crippen molar-refractivity contribution in [2.75, 3.05) is 18.0 Å². The molecule has 0 saturated heterocycles. The van der Waals surface area contributed by atoms with Gasteiger partial charge in [0.1, 0.15) is 6.54 Å². The Morgan fingerprint density at radius 2 is 2.03 bits per heavy atom. The average molecular weight is 497 g/mol. The van der Waals surface area contributed by atoms with Crippen molar-refractivity contribution in [3.05, 3.63) is 75.1 Å². The summed E-state index contributed by atoms with van der Waals surface area (Å²) in [5, 5.41) is 2.99. The van der Waals surface area contributed by atoms with Gasteiger partial charge in [-0.1, -0.05) is 63.6 Å². The summed E-state index contributed by atoms with van der Waals surface area (Å²) in [5.41, 5.74) is 3.16. The number of para-hydroxylation sites is 1. The van der Waals surface area contributed by atoms with Gasteiger partial charge in [-0.25, -0.2) is 0 Å². The summed E-state index contributed by atoms with van der Waals surface area (Å²) in [5.74, 6) is -0.276. The SMILES string of the molecule is O=C(CN1C(=O)C(=Cc2cccc(Br)c2)Sc2ccccc21)NCCC1=CCCCC1. The van der Waals surface area contributed by atoms with Crippen molar-refractivity contribution in [2.45, 2.75) is 37.0 Å². The Balaban J connectivity index is 1.48. The topological polar surface area (TPSA) is 49.4 Å². The van der Waals surface area contributed by atoms with Crippen molar-refractivity contribution in [3.8, 4) is 0 Å². The lowest BCUT2D eigenvalue weighted by Gasteiger charge is -2.29. The molecule has 0 aromatic heterocycles. The summed E-state index contributed by atoms with van der Waals surface area (Å²) in [6.45, 7) is 0.634. The minimum Gasteiger partial charge on any atom is -0.354 e. The van der Waals surface area contributed by atoms with E-state index >= 15 is 0 Å². The van der Waals surface area contributed by atoms with Gasteiger partial charge in [0.15, 0.2) is 0 Å². The zero-order valence-electron chi connectivity index (χ0n) is 17.3. The Bertz CT molecular complexity index is 1050. The zero-order valence-corrected chi connectivity index (χ0v) is 19.7. The Hall–Kier alpha value is -2.31. The van der Waals surface area contributed by atoms with E-state index in [9.17, 15) is 9.59 Å². The molecule has 0 saturated carbocycles. The van der Waals surface area contributed by atoms with E-state index in [1.165, 1.54) is 30.2 Å². The molecule has 2 aromatic carbocycles. The number of halogens is 1. The molecule has 4 rings (SSSR count). The van der Waals surface area contributed by atoms with E-state index in [0.29, 0.717) is 11.4 Å². The van der Waals surface area contributed by atoms with Crippen molar-refractivity contribution in [1.82, 2.24) is 5.32 Å². The normalized spacial score (nSPS) is 17.3. The second kappa shape index (κ2) is 10.3. The van der Waals surface area contributed by atoms with Gasteiger partial charge in [0, 0.05) is 15.9 Å². The minimum atomic E-state index is -0.145. The molecule has 0 bridgehead atoms. The van der Waals surface area contributed by atoms with Crippen molar-refractivity contribution >= 4 is 51.3 Å². The Morgan fingerprint density at radius 3 is 2.84 bits per heavy atom. The molecule has 0 unspecified atom stereocenters. The molecular weight excluding hydrogens is 472 g/mol. The van der Waals surface area contributed by atoms with E-state index in [4.69, 9.17) is 0 Å². The van der Waals surface area contributed by atoms with Crippen LogP contribution in [0.3, 0.4) is 0 Å². The van der Waals surface area contributed by atoms with Crippen LogP contribution in [0.5, 0.6) is 0 Å². The van der Waals surface area contributed by atoms with Gasteiger partial charge in [0.2, 0.25) is 5.91 Å². The molecule has 1 heterocycles. The van der Waals surface area contributed by atoms with E-state index in [1.807, 2.05) is 54.6 Å². The second-order valence-corrected chi connectivity index (χ2v) is 9.73. The maximum Gasteiger partial charge on any atom is 0.265 e. The van der Waals surface area contributed by atoms with Crippen molar-refractivity contribution < 1.29 is 9.59 Å². The van der Waals surface area contributed by atoms with Crippen LogP contribution in [-0.4, -0.2) is 24.9 Å². The van der Waals surface area contributed by atoms with Gasteiger partial charge >= 0.3 is 0 Å². The number of benzene rings is 2. The number of anilines is 1. The number of amides is 2. The molecule has 1 aliphatic heterocycles. The lowest BCUT2D eigenvalue weighted by Crippen LogP contribution is -2.43. The maximum atomic E-state index is 13.3. The van der Waals surface area contributed by atoms with E-state index in [-0.39, 0.29) is 18.4 Å². The van der Waals surface area contributed by atoms with Crippen molar-refractivity contribution in [1.29, 1.82) is 0 Å². The molecule has 2 aromatic rings. The maximum absolute atomic E-state index is 13.3. The number of thioether (sulfide) groups is 1. The van der Waals surface area contributed by atoms with Crippen LogP contribution in [-0.2, 0) is 9.59 Å². The molecule has 0 atom stereocenters. The minimum absolute atomic E-state index is 0.0191. The average Bonchev–Trinajstić information content (AvgIpc) is 2.77. The highest BCUT2D eigenvalue weighted by Gasteiger charge is 2.30. The van der Waals surface area contributed by atoms with Gasteiger partial charge < -0.3 is 5.32 Å². The summed E-state index contributed by atoms with van der Waals surface area (Å²) in [7, 11) is 0. The molecule has 2 aliphatic rings. The first-order valence-electron chi connectivity index (χ1n) is 10.6. The summed E-state index contributed by atoms with van der Waals surface area (Å²) < 4.78 is 0.958. The van der Waals surface area contributed by atoms with Gasteiger partial charge in [-0.05, 0) is 68.0 Å². The van der Waals surface area contributed by atoms with Gasteiger partial charge in [0.05, 0.1) is 10.6 Å². The summed E-state index contributed by atoms with van der Waals surface area (Å²) in [6.07, 6.45) is 9.86. The van der Waals surface area contributed by atoms with Crippen LogP contribution in [0.4, 0.5) is 5.69 Å². The first kappa shape index (κ1) is 21.9. The number of carbonyl (C=O) groups excluding carboxylic acids is 2. The number of allylic oxidation sites excluding steroid dienone is 1. The monoisotopic (exact) mass is 496 g/mol. The first-order chi connectivity index (χ1) is 15.1. The van der Waals surface area contributed by atoms with Gasteiger partial charge in [-0.2, -0.15) is 0 Å². The molecule has 4 nitrogen and oxygen atoms in total.